The van der Waals surface area contributed by atoms with E-state index in [4.69, 9.17) is 18.9 Å². The number of aliphatic hydroxyl groups is 2. The molecular weight excluding hydrogens is 480 g/mol. The molecule has 3 rings (SSSR count). The van der Waals surface area contributed by atoms with Crippen molar-refractivity contribution in [1.82, 2.24) is 0 Å². The number of hydrogen-bond acceptors (Lipinski definition) is 9. The Bertz CT molecular complexity index is 896. The minimum absolute atomic E-state index is 0.00803. The molecular formula is C28H44O9. The van der Waals surface area contributed by atoms with Crippen molar-refractivity contribution >= 4 is 17.9 Å². The summed E-state index contributed by atoms with van der Waals surface area (Å²) in [6.45, 7) is 16.2. The van der Waals surface area contributed by atoms with Crippen LogP contribution >= 0.6 is 0 Å². The number of aliphatic hydroxyl groups excluding tert-OH is 1. The molecule has 2 aliphatic heterocycles. The summed E-state index contributed by atoms with van der Waals surface area (Å²) in [6.07, 6.45) is -2.90. The lowest BCUT2D eigenvalue weighted by Crippen LogP contribution is -2.59. The summed E-state index contributed by atoms with van der Waals surface area (Å²) < 4.78 is 24.1. The minimum Gasteiger partial charge on any atom is -0.458 e. The number of carbonyl (C=O) groups excluding carboxylic acids is 3. The maximum Gasteiger partial charge on any atom is 0.306 e. The molecule has 0 spiro atoms. The fourth-order valence-corrected chi connectivity index (χ4v) is 6.69. The highest BCUT2D eigenvalue weighted by Crippen LogP contribution is 2.57. The van der Waals surface area contributed by atoms with Crippen LogP contribution in [0.3, 0.4) is 0 Å². The first-order valence-corrected chi connectivity index (χ1v) is 13.4. The fraction of sp³-hybridized carbons (Fsp3) is 0.821. The number of esters is 3. The van der Waals surface area contributed by atoms with Crippen LogP contribution in [0, 0.1) is 23.7 Å². The molecule has 9 nitrogen and oxygen atoms in total. The van der Waals surface area contributed by atoms with Gasteiger partial charge in [0.15, 0.2) is 6.10 Å². The summed E-state index contributed by atoms with van der Waals surface area (Å²) in [5.41, 5.74) is -2.38. The van der Waals surface area contributed by atoms with Crippen LogP contribution in [0.4, 0.5) is 0 Å². The number of carbonyl (C=O) groups is 3. The Morgan fingerprint density at radius 1 is 1.16 bits per heavy atom. The molecule has 0 aromatic carbocycles. The second-order valence-electron chi connectivity index (χ2n) is 11.8. The van der Waals surface area contributed by atoms with Crippen LogP contribution in [-0.2, 0) is 33.3 Å². The SMILES string of the molecule is C=C1C(OC(C)=O)CC(C(C)C)C2C1C1OC2C(C)(OC(=O)CCC)CCC(O)C(C)(O)C1OC(C)=O. The van der Waals surface area contributed by atoms with Gasteiger partial charge in [-0.3, -0.25) is 14.4 Å². The first kappa shape index (κ1) is 29.6. The minimum atomic E-state index is -1.86. The van der Waals surface area contributed by atoms with E-state index < -0.39 is 59.6 Å². The van der Waals surface area contributed by atoms with Gasteiger partial charge in [0.2, 0.25) is 0 Å². The van der Waals surface area contributed by atoms with Crippen LogP contribution in [-0.4, -0.2) is 69.8 Å². The van der Waals surface area contributed by atoms with Crippen molar-refractivity contribution in [3.63, 3.8) is 0 Å². The summed E-state index contributed by atoms with van der Waals surface area (Å²) in [4.78, 5) is 36.9. The quantitative estimate of drug-likeness (QED) is 0.306. The lowest BCUT2D eigenvalue weighted by atomic mass is 9.59. The third-order valence-corrected chi connectivity index (χ3v) is 8.57. The van der Waals surface area contributed by atoms with E-state index in [1.54, 1.807) is 0 Å². The van der Waals surface area contributed by atoms with Crippen molar-refractivity contribution in [2.45, 2.75) is 122 Å². The number of rotatable bonds is 6. The molecule has 2 saturated heterocycles. The maximum atomic E-state index is 12.8. The second kappa shape index (κ2) is 11.0. The van der Waals surface area contributed by atoms with Gasteiger partial charge in [-0.2, -0.15) is 0 Å². The average molecular weight is 525 g/mol. The van der Waals surface area contributed by atoms with Crippen LogP contribution in [0.15, 0.2) is 12.2 Å². The molecule has 10 unspecified atom stereocenters. The smallest absolute Gasteiger partial charge is 0.306 e. The summed E-state index contributed by atoms with van der Waals surface area (Å²) >= 11 is 0. The maximum absolute atomic E-state index is 12.8. The first-order chi connectivity index (χ1) is 17.1. The molecule has 2 bridgehead atoms. The molecule has 37 heavy (non-hydrogen) atoms. The monoisotopic (exact) mass is 524 g/mol. The highest BCUT2D eigenvalue weighted by molar-refractivity contribution is 5.70. The highest BCUT2D eigenvalue weighted by Gasteiger charge is 2.65. The molecule has 0 aromatic heterocycles. The van der Waals surface area contributed by atoms with Gasteiger partial charge in [0.05, 0.1) is 6.10 Å². The van der Waals surface area contributed by atoms with Crippen LogP contribution in [0.25, 0.3) is 0 Å². The molecule has 0 amide bonds. The van der Waals surface area contributed by atoms with Crippen LogP contribution in [0.1, 0.15) is 80.6 Å². The van der Waals surface area contributed by atoms with Crippen molar-refractivity contribution in [1.29, 1.82) is 0 Å². The summed E-state index contributed by atoms with van der Waals surface area (Å²) in [7, 11) is 0. The van der Waals surface area contributed by atoms with Gasteiger partial charge in [-0.1, -0.05) is 27.4 Å². The fourth-order valence-electron chi connectivity index (χ4n) is 6.69. The van der Waals surface area contributed by atoms with Crippen LogP contribution < -0.4 is 0 Å². The Morgan fingerprint density at radius 2 is 1.78 bits per heavy atom. The third-order valence-electron chi connectivity index (χ3n) is 8.57. The van der Waals surface area contributed by atoms with Crippen LogP contribution in [0.5, 0.6) is 0 Å². The standard InChI is InChI=1S/C28H44O9/c1-9-10-21(32)37-27(7)12-11-20(31)28(8,33)26(35-17(6)30)24-22-15(4)19(34-16(5)29)13-18(14(2)3)23(22)25(27)36-24/h14,18-20,22-26,31,33H,4,9-13H2,1-3,5-8H3. The van der Waals surface area contributed by atoms with Crippen molar-refractivity contribution in [2.24, 2.45) is 23.7 Å². The molecule has 3 fully saturated rings. The number of fused-ring (bicyclic) bond motifs is 5. The number of ether oxygens (including phenoxy) is 4. The number of hydrogen-bond donors (Lipinski definition) is 2. The van der Waals surface area contributed by atoms with Crippen LogP contribution in [0.2, 0.25) is 0 Å². The van der Waals surface area contributed by atoms with Crippen molar-refractivity contribution in [3.8, 4) is 0 Å². The summed E-state index contributed by atoms with van der Waals surface area (Å²) in [6, 6.07) is 0. The second-order valence-corrected chi connectivity index (χ2v) is 11.8. The van der Waals surface area contributed by atoms with E-state index in [1.807, 2.05) is 13.8 Å². The Morgan fingerprint density at radius 3 is 2.32 bits per heavy atom. The van der Waals surface area contributed by atoms with Gasteiger partial charge in [-0.15, -0.1) is 0 Å². The van der Waals surface area contributed by atoms with Crippen molar-refractivity contribution in [3.05, 3.63) is 12.2 Å². The van der Waals surface area contributed by atoms with E-state index in [0.29, 0.717) is 18.4 Å². The van der Waals surface area contributed by atoms with E-state index in [2.05, 4.69) is 20.4 Å². The van der Waals surface area contributed by atoms with Gasteiger partial charge in [-0.05, 0) is 56.9 Å². The lowest BCUT2D eigenvalue weighted by Gasteiger charge is -2.48. The largest absolute Gasteiger partial charge is 0.458 e. The molecule has 210 valence electrons. The first-order valence-electron chi connectivity index (χ1n) is 13.4. The van der Waals surface area contributed by atoms with Gasteiger partial charge >= 0.3 is 17.9 Å². The van der Waals surface area contributed by atoms with Gasteiger partial charge in [0, 0.05) is 32.1 Å². The zero-order valence-electron chi connectivity index (χ0n) is 23.2. The van der Waals surface area contributed by atoms with Gasteiger partial charge in [0.1, 0.15) is 29.5 Å². The Labute approximate surface area is 219 Å². The molecule has 0 radical (unpaired) electrons. The van der Waals surface area contributed by atoms with Gasteiger partial charge < -0.3 is 29.2 Å². The Balaban J connectivity index is 2.21. The van der Waals surface area contributed by atoms with Crippen molar-refractivity contribution in [2.75, 3.05) is 0 Å². The molecule has 9 heteroatoms. The Kier molecular flexibility index (Phi) is 8.82. The van der Waals surface area contributed by atoms with Crippen molar-refractivity contribution < 1.29 is 43.5 Å². The van der Waals surface area contributed by atoms with E-state index in [1.165, 1.54) is 20.8 Å². The highest BCUT2D eigenvalue weighted by atomic mass is 16.6. The normalized spacial score (nSPS) is 41.7. The van der Waals surface area contributed by atoms with E-state index in [9.17, 15) is 24.6 Å². The van der Waals surface area contributed by atoms with E-state index in [-0.39, 0.29) is 43.0 Å². The predicted octanol–water partition coefficient (Wildman–Crippen LogP) is 3.09. The average Bonchev–Trinajstić information content (AvgIpc) is 3.18. The summed E-state index contributed by atoms with van der Waals surface area (Å²) in [5, 5.41) is 22.7. The topological polar surface area (TPSA) is 129 Å². The molecule has 1 aliphatic carbocycles. The lowest BCUT2D eigenvalue weighted by molar-refractivity contribution is -0.206. The third kappa shape index (κ3) is 5.73. The van der Waals surface area contributed by atoms with E-state index in [0.717, 1.165) is 0 Å². The Hall–Kier alpha value is -1.97. The van der Waals surface area contributed by atoms with Gasteiger partial charge in [0.25, 0.3) is 0 Å². The molecule has 0 aromatic rings. The molecule has 10 atom stereocenters. The summed E-state index contributed by atoms with van der Waals surface area (Å²) in [5.74, 6) is -1.98. The zero-order chi connectivity index (χ0) is 27.9. The zero-order valence-corrected chi connectivity index (χ0v) is 23.2. The molecule has 2 N–H and O–H groups in total. The molecule has 1 saturated carbocycles. The molecule has 3 aliphatic rings. The van der Waals surface area contributed by atoms with Gasteiger partial charge in [-0.25, -0.2) is 0 Å². The predicted molar refractivity (Wildman–Crippen MR) is 134 cm³/mol. The van der Waals surface area contributed by atoms with E-state index >= 15 is 0 Å². The molecule has 2 heterocycles.